The van der Waals surface area contributed by atoms with Crippen LogP contribution in [0.1, 0.15) is 18.1 Å². The molecule has 4 nitrogen and oxygen atoms in total. The van der Waals surface area contributed by atoms with Crippen molar-refractivity contribution in [2.45, 2.75) is 19.4 Å². The lowest BCUT2D eigenvalue weighted by Gasteiger charge is -2.25. The summed E-state index contributed by atoms with van der Waals surface area (Å²) < 4.78 is 1.49. The average Bonchev–Trinajstić information content (AvgIpc) is 2.76. The highest BCUT2D eigenvalue weighted by molar-refractivity contribution is 5.80. The predicted molar refractivity (Wildman–Crippen MR) is 63.8 cm³/mol. The SMILES string of the molecule is Cc1cnn(C(C)(C(=O)O)c2ccccc2)c1. The third kappa shape index (κ3) is 1.82. The summed E-state index contributed by atoms with van der Waals surface area (Å²) in [5, 5.41) is 13.6. The number of hydrogen-bond donors (Lipinski definition) is 1. The molecule has 1 N–H and O–H groups in total. The topological polar surface area (TPSA) is 55.1 Å². The fourth-order valence-electron chi connectivity index (χ4n) is 1.77. The highest BCUT2D eigenvalue weighted by Crippen LogP contribution is 2.25. The van der Waals surface area contributed by atoms with Gasteiger partial charge in [0.25, 0.3) is 0 Å². The molecule has 1 unspecified atom stereocenters. The Labute approximate surface area is 99.5 Å². The van der Waals surface area contributed by atoms with E-state index in [1.807, 2.05) is 25.1 Å². The molecule has 0 saturated heterocycles. The fraction of sp³-hybridized carbons (Fsp3) is 0.231. The summed E-state index contributed by atoms with van der Waals surface area (Å²) in [4.78, 5) is 11.6. The molecule has 0 saturated carbocycles. The number of benzene rings is 1. The summed E-state index contributed by atoms with van der Waals surface area (Å²) in [5.74, 6) is -0.924. The van der Waals surface area contributed by atoms with Crippen molar-refractivity contribution in [2.75, 3.05) is 0 Å². The number of hydrogen-bond acceptors (Lipinski definition) is 2. The summed E-state index contributed by atoms with van der Waals surface area (Å²) in [5.41, 5.74) is 0.471. The van der Waals surface area contributed by atoms with Crippen molar-refractivity contribution >= 4 is 5.97 Å². The van der Waals surface area contributed by atoms with Gasteiger partial charge in [0.05, 0.1) is 6.20 Å². The van der Waals surface area contributed by atoms with Gasteiger partial charge in [0.1, 0.15) is 0 Å². The van der Waals surface area contributed by atoms with Gasteiger partial charge in [0.15, 0.2) is 5.54 Å². The number of aryl methyl sites for hydroxylation is 1. The molecule has 17 heavy (non-hydrogen) atoms. The smallest absolute Gasteiger partial charge is 0.336 e. The largest absolute Gasteiger partial charge is 0.479 e. The Hall–Kier alpha value is -2.10. The Bertz CT molecular complexity index is 533. The van der Waals surface area contributed by atoms with Crippen molar-refractivity contribution in [3.05, 3.63) is 53.9 Å². The molecule has 0 fully saturated rings. The van der Waals surface area contributed by atoms with Crippen molar-refractivity contribution in [3.63, 3.8) is 0 Å². The number of carboxylic acid groups (broad SMARTS) is 1. The van der Waals surface area contributed by atoms with Crippen molar-refractivity contribution in [2.24, 2.45) is 0 Å². The normalized spacial score (nSPS) is 14.2. The van der Waals surface area contributed by atoms with Crippen molar-refractivity contribution in [3.8, 4) is 0 Å². The highest BCUT2D eigenvalue weighted by atomic mass is 16.4. The summed E-state index contributed by atoms with van der Waals surface area (Å²) in [6, 6.07) is 9.11. The molecule has 1 heterocycles. The zero-order valence-corrected chi connectivity index (χ0v) is 9.79. The van der Waals surface area contributed by atoms with Gasteiger partial charge in [0, 0.05) is 6.20 Å². The number of carbonyl (C=O) groups is 1. The Morgan fingerprint density at radius 2 is 2.00 bits per heavy atom. The first-order chi connectivity index (χ1) is 8.05. The minimum atomic E-state index is -1.17. The second-order valence-corrected chi connectivity index (χ2v) is 4.21. The number of nitrogens with zero attached hydrogens (tertiary/aromatic N) is 2. The molecule has 1 atom stereocenters. The van der Waals surface area contributed by atoms with Crippen molar-refractivity contribution in [1.29, 1.82) is 0 Å². The molecule has 0 aliphatic carbocycles. The van der Waals surface area contributed by atoms with Crippen LogP contribution in [0.15, 0.2) is 42.7 Å². The lowest BCUT2D eigenvalue weighted by atomic mass is 9.92. The first kappa shape index (κ1) is 11.4. The molecular weight excluding hydrogens is 216 g/mol. The number of aromatic nitrogens is 2. The van der Waals surface area contributed by atoms with Crippen molar-refractivity contribution in [1.82, 2.24) is 9.78 Å². The van der Waals surface area contributed by atoms with E-state index in [0.29, 0.717) is 5.56 Å². The predicted octanol–water partition coefficient (Wildman–Crippen LogP) is 2.04. The van der Waals surface area contributed by atoms with Crippen LogP contribution in [0.25, 0.3) is 0 Å². The molecule has 0 bridgehead atoms. The maximum atomic E-state index is 11.6. The maximum Gasteiger partial charge on any atom is 0.336 e. The van der Waals surface area contributed by atoms with E-state index in [-0.39, 0.29) is 0 Å². The van der Waals surface area contributed by atoms with Gasteiger partial charge in [-0.1, -0.05) is 30.3 Å². The van der Waals surface area contributed by atoms with Gasteiger partial charge in [0.2, 0.25) is 0 Å². The van der Waals surface area contributed by atoms with E-state index in [0.717, 1.165) is 5.56 Å². The van der Waals surface area contributed by atoms with E-state index < -0.39 is 11.5 Å². The van der Waals surface area contributed by atoms with Gasteiger partial charge in [-0.2, -0.15) is 5.10 Å². The zero-order chi connectivity index (χ0) is 12.5. The average molecular weight is 230 g/mol. The standard InChI is InChI=1S/C13H14N2O2/c1-10-8-14-15(9-10)13(2,12(16)17)11-6-4-3-5-7-11/h3-9H,1-2H3,(H,16,17). The van der Waals surface area contributed by atoms with Gasteiger partial charge in [-0.25, -0.2) is 4.79 Å². The maximum absolute atomic E-state index is 11.6. The number of carboxylic acids is 1. The molecular formula is C13H14N2O2. The molecule has 2 rings (SSSR count). The van der Waals surface area contributed by atoms with E-state index in [2.05, 4.69) is 5.10 Å². The van der Waals surface area contributed by atoms with Crippen LogP contribution >= 0.6 is 0 Å². The van der Waals surface area contributed by atoms with E-state index in [1.165, 1.54) is 4.68 Å². The molecule has 0 aliphatic rings. The summed E-state index contributed by atoms with van der Waals surface area (Å²) >= 11 is 0. The minimum absolute atomic E-state index is 0.704. The minimum Gasteiger partial charge on any atom is -0.479 e. The molecule has 0 radical (unpaired) electrons. The second-order valence-electron chi connectivity index (χ2n) is 4.21. The first-order valence-electron chi connectivity index (χ1n) is 5.36. The molecule has 0 aliphatic heterocycles. The van der Waals surface area contributed by atoms with Crippen LogP contribution in [-0.4, -0.2) is 20.9 Å². The van der Waals surface area contributed by atoms with E-state index >= 15 is 0 Å². The monoisotopic (exact) mass is 230 g/mol. The van der Waals surface area contributed by atoms with Crippen LogP contribution in [0.5, 0.6) is 0 Å². The van der Waals surface area contributed by atoms with Gasteiger partial charge in [-0.15, -0.1) is 0 Å². The Morgan fingerprint density at radius 1 is 1.35 bits per heavy atom. The summed E-state index contributed by atoms with van der Waals surface area (Å²) in [6.45, 7) is 3.54. The van der Waals surface area contributed by atoms with Gasteiger partial charge in [-0.05, 0) is 25.0 Å². The fourth-order valence-corrected chi connectivity index (χ4v) is 1.77. The van der Waals surface area contributed by atoms with Crippen LogP contribution in [0.4, 0.5) is 0 Å². The Kier molecular flexibility index (Phi) is 2.71. The lowest BCUT2D eigenvalue weighted by molar-refractivity contribution is -0.144. The lowest BCUT2D eigenvalue weighted by Crippen LogP contribution is -2.40. The number of aliphatic carboxylic acids is 1. The molecule has 0 spiro atoms. The third-order valence-corrected chi connectivity index (χ3v) is 2.92. The number of rotatable bonds is 3. The third-order valence-electron chi connectivity index (χ3n) is 2.92. The quantitative estimate of drug-likeness (QED) is 0.877. The highest BCUT2D eigenvalue weighted by Gasteiger charge is 2.37. The van der Waals surface area contributed by atoms with Gasteiger partial charge < -0.3 is 5.11 Å². The first-order valence-corrected chi connectivity index (χ1v) is 5.36. The van der Waals surface area contributed by atoms with Crippen LogP contribution in [0, 0.1) is 6.92 Å². The van der Waals surface area contributed by atoms with E-state index in [4.69, 9.17) is 0 Å². The van der Waals surface area contributed by atoms with E-state index in [9.17, 15) is 9.90 Å². The second kappa shape index (κ2) is 4.05. The molecule has 0 amide bonds. The van der Waals surface area contributed by atoms with Crippen LogP contribution in [-0.2, 0) is 10.3 Å². The zero-order valence-electron chi connectivity index (χ0n) is 9.79. The molecule has 88 valence electrons. The summed E-state index contributed by atoms with van der Waals surface area (Å²) in [6.07, 6.45) is 3.39. The summed E-state index contributed by atoms with van der Waals surface area (Å²) in [7, 11) is 0. The molecule has 1 aromatic carbocycles. The molecule has 1 aromatic heterocycles. The Morgan fingerprint density at radius 3 is 2.47 bits per heavy atom. The van der Waals surface area contributed by atoms with Crippen LogP contribution in [0.3, 0.4) is 0 Å². The van der Waals surface area contributed by atoms with E-state index in [1.54, 1.807) is 31.5 Å². The van der Waals surface area contributed by atoms with Gasteiger partial charge in [-0.3, -0.25) is 4.68 Å². The van der Waals surface area contributed by atoms with Crippen LogP contribution < -0.4 is 0 Å². The Balaban J connectivity index is 2.58. The van der Waals surface area contributed by atoms with Gasteiger partial charge >= 0.3 is 5.97 Å². The van der Waals surface area contributed by atoms with Crippen LogP contribution in [0.2, 0.25) is 0 Å². The molecule has 2 aromatic rings. The molecule has 4 heteroatoms. The van der Waals surface area contributed by atoms with Crippen molar-refractivity contribution < 1.29 is 9.90 Å².